The number of nitrogens with zero attached hydrogens (tertiary/aromatic N) is 3. The number of pyridine rings is 1. The number of alkyl halides is 1. The molecule has 0 aliphatic heterocycles. The molecule has 2 heterocycles. The maximum absolute atomic E-state index is 6.21. The summed E-state index contributed by atoms with van der Waals surface area (Å²) in [7, 11) is 0. The number of rotatable bonds is 5. The van der Waals surface area contributed by atoms with Crippen molar-refractivity contribution in [3.05, 3.63) is 24.2 Å². The van der Waals surface area contributed by atoms with Gasteiger partial charge in [-0.3, -0.25) is 0 Å². The second kappa shape index (κ2) is 5.67. The molecule has 0 aliphatic carbocycles. The zero-order chi connectivity index (χ0) is 13.1. The topological polar surface area (TPSA) is 39.9 Å². The first kappa shape index (κ1) is 13.3. The van der Waals surface area contributed by atoms with E-state index in [2.05, 4.69) is 21.5 Å². The standard InChI is InChI=1S/C13H18ClN3O/c1-4-18-8-9(2)17-12(10(3)14)16-11-6-5-7-15-13(11)17/h5-7,9-10H,4,8H2,1-3H3. The first-order valence-corrected chi connectivity index (χ1v) is 6.63. The molecule has 0 saturated carbocycles. The van der Waals surface area contributed by atoms with Crippen LogP contribution in [0.1, 0.15) is 38.0 Å². The van der Waals surface area contributed by atoms with Crippen LogP contribution < -0.4 is 0 Å². The SMILES string of the molecule is CCOCC(C)n1c(C(C)Cl)nc2cccnc21. The van der Waals surface area contributed by atoms with Crippen molar-refractivity contribution in [2.24, 2.45) is 0 Å². The van der Waals surface area contributed by atoms with Crippen molar-refractivity contribution in [1.29, 1.82) is 0 Å². The third-order valence-electron chi connectivity index (χ3n) is 2.84. The summed E-state index contributed by atoms with van der Waals surface area (Å²) in [4.78, 5) is 8.95. The zero-order valence-corrected chi connectivity index (χ0v) is 11.7. The Morgan fingerprint density at radius 1 is 1.44 bits per heavy atom. The summed E-state index contributed by atoms with van der Waals surface area (Å²) in [5.41, 5.74) is 1.75. The molecule has 18 heavy (non-hydrogen) atoms. The molecule has 0 saturated heterocycles. The van der Waals surface area contributed by atoms with Gasteiger partial charge in [0.05, 0.1) is 18.0 Å². The maximum atomic E-state index is 6.21. The predicted molar refractivity (Wildman–Crippen MR) is 73.0 cm³/mol. The van der Waals surface area contributed by atoms with Crippen LogP contribution in [-0.2, 0) is 4.74 Å². The zero-order valence-electron chi connectivity index (χ0n) is 10.9. The van der Waals surface area contributed by atoms with Gasteiger partial charge in [-0.25, -0.2) is 9.97 Å². The van der Waals surface area contributed by atoms with Gasteiger partial charge in [0.2, 0.25) is 0 Å². The van der Waals surface area contributed by atoms with E-state index in [0.717, 1.165) is 17.0 Å². The van der Waals surface area contributed by atoms with Crippen molar-refractivity contribution in [3.8, 4) is 0 Å². The average Bonchev–Trinajstić information content (AvgIpc) is 2.75. The van der Waals surface area contributed by atoms with E-state index >= 15 is 0 Å². The molecule has 0 radical (unpaired) electrons. The van der Waals surface area contributed by atoms with Gasteiger partial charge in [0.1, 0.15) is 11.3 Å². The molecule has 2 aromatic rings. The van der Waals surface area contributed by atoms with Gasteiger partial charge in [0.25, 0.3) is 0 Å². The second-order valence-corrected chi connectivity index (χ2v) is 4.97. The predicted octanol–water partition coefficient (Wildman–Crippen LogP) is 3.33. The van der Waals surface area contributed by atoms with Gasteiger partial charge in [0.15, 0.2) is 5.65 Å². The number of aromatic nitrogens is 3. The lowest BCUT2D eigenvalue weighted by atomic mass is 10.3. The fourth-order valence-corrected chi connectivity index (χ4v) is 2.18. The second-order valence-electron chi connectivity index (χ2n) is 4.31. The highest BCUT2D eigenvalue weighted by molar-refractivity contribution is 6.20. The first-order chi connectivity index (χ1) is 8.65. The molecule has 2 aromatic heterocycles. The minimum absolute atomic E-state index is 0.150. The quantitative estimate of drug-likeness (QED) is 0.780. The Kier molecular flexibility index (Phi) is 4.19. The molecular formula is C13H18ClN3O. The van der Waals surface area contributed by atoms with Gasteiger partial charge < -0.3 is 9.30 Å². The molecule has 98 valence electrons. The first-order valence-electron chi connectivity index (χ1n) is 6.19. The van der Waals surface area contributed by atoms with Crippen LogP contribution in [-0.4, -0.2) is 27.7 Å². The molecule has 0 N–H and O–H groups in total. The van der Waals surface area contributed by atoms with Crippen LogP contribution in [0.4, 0.5) is 0 Å². The molecule has 0 fully saturated rings. The highest BCUT2D eigenvalue weighted by Gasteiger charge is 2.19. The largest absolute Gasteiger partial charge is 0.380 e. The average molecular weight is 268 g/mol. The minimum atomic E-state index is -0.150. The molecule has 0 amide bonds. The van der Waals surface area contributed by atoms with E-state index < -0.39 is 0 Å². The van der Waals surface area contributed by atoms with Gasteiger partial charge >= 0.3 is 0 Å². The van der Waals surface area contributed by atoms with Crippen LogP contribution in [0.2, 0.25) is 0 Å². The van der Waals surface area contributed by atoms with Crippen LogP contribution in [0.15, 0.2) is 18.3 Å². The van der Waals surface area contributed by atoms with Crippen molar-refractivity contribution in [1.82, 2.24) is 14.5 Å². The maximum Gasteiger partial charge on any atom is 0.160 e. The monoisotopic (exact) mass is 267 g/mol. The van der Waals surface area contributed by atoms with Crippen molar-refractivity contribution >= 4 is 22.8 Å². The lowest BCUT2D eigenvalue weighted by Crippen LogP contribution is -2.15. The number of hydrogen-bond acceptors (Lipinski definition) is 3. The number of hydrogen-bond donors (Lipinski definition) is 0. The molecule has 0 aliphatic rings. The van der Waals surface area contributed by atoms with Gasteiger partial charge in [-0.15, -0.1) is 11.6 Å². The fraction of sp³-hybridized carbons (Fsp3) is 0.538. The fourth-order valence-electron chi connectivity index (χ4n) is 2.03. The van der Waals surface area contributed by atoms with Crippen molar-refractivity contribution in [2.45, 2.75) is 32.2 Å². The van der Waals surface area contributed by atoms with Crippen LogP contribution in [0.5, 0.6) is 0 Å². The Morgan fingerprint density at radius 2 is 2.22 bits per heavy atom. The Morgan fingerprint density at radius 3 is 2.89 bits per heavy atom. The summed E-state index contributed by atoms with van der Waals surface area (Å²) in [6.45, 7) is 7.34. The van der Waals surface area contributed by atoms with Crippen LogP contribution in [0.25, 0.3) is 11.2 Å². The molecule has 0 bridgehead atoms. The molecule has 4 nitrogen and oxygen atoms in total. The van der Waals surface area contributed by atoms with Gasteiger partial charge in [-0.1, -0.05) is 0 Å². The van der Waals surface area contributed by atoms with Gasteiger partial charge in [0, 0.05) is 12.8 Å². The van der Waals surface area contributed by atoms with Crippen LogP contribution in [0, 0.1) is 0 Å². The highest BCUT2D eigenvalue weighted by atomic mass is 35.5. The summed E-state index contributed by atoms with van der Waals surface area (Å²) in [6.07, 6.45) is 1.77. The summed E-state index contributed by atoms with van der Waals surface area (Å²) in [6, 6.07) is 4.01. The Bertz CT molecular complexity index is 524. The molecule has 2 atom stereocenters. The van der Waals surface area contributed by atoms with Crippen LogP contribution >= 0.6 is 11.6 Å². The third-order valence-corrected chi connectivity index (χ3v) is 3.03. The van der Waals surface area contributed by atoms with Gasteiger partial charge in [-0.2, -0.15) is 0 Å². The summed E-state index contributed by atoms with van der Waals surface area (Å²) in [5, 5.41) is -0.150. The van der Waals surface area contributed by atoms with E-state index in [1.807, 2.05) is 26.0 Å². The van der Waals surface area contributed by atoms with Gasteiger partial charge in [-0.05, 0) is 32.9 Å². The molecule has 0 spiro atoms. The van der Waals surface area contributed by atoms with E-state index in [0.29, 0.717) is 13.2 Å². The number of ether oxygens (including phenoxy) is 1. The number of fused-ring (bicyclic) bond motifs is 1. The molecule has 5 heteroatoms. The Hall–Kier alpha value is -1.13. The minimum Gasteiger partial charge on any atom is -0.380 e. The van der Waals surface area contributed by atoms with E-state index in [1.54, 1.807) is 6.20 Å². The van der Waals surface area contributed by atoms with Crippen molar-refractivity contribution < 1.29 is 4.74 Å². The van der Waals surface area contributed by atoms with E-state index in [1.165, 1.54) is 0 Å². The van der Waals surface area contributed by atoms with E-state index in [4.69, 9.17) is 16.3 Å². The third kappa shape index (κ3) is 2.49. The molecule has 2 unspecified atom stereocenters. The highest BCUT2D eigenvalue weighted by Crippen LogP contribution is 2.26. The Balaban J connectivity index is 2.47. The van der Waals surface area contributed by atoms with E-state index in [9.17, 15) is 0 Å². The van der Waals surface area contributed by atoms with Crippen molar-refractivity contribution in [2.75, 3.05) is 13.2 Å². The van der Waals surface area contributed by atoms with Crippen molar-refractivity contribution in [3.63, 3.8) is 0 Å². The van der Waals surface area contributed by atoms with E-state index in [-0.39, 0.29) is 11.4 Å². The number of halogens is 1. The normalized spacial score (nSPS) is 14.9. The summed E-state index contributed by atoms with van der Waals surface area (Å²) >= 11 is 6.21. The molecular weight excluding hydrogens is 250 g/mol. The lowest BCUT2D eigenvalue weighted by molar-refractivity contribution is 0.119. The summed E-state index contributed by atoms with van der Waals surface area (Å²) in [5.74, 6) is 0.845. The molecule has 2 rings (SSSR count). The lowest BCUT2D eigenvalue weighted by Gasteiger charge is -2.17. The summed E-state index contributed by atoms with van der Waals surface area (Å²) < 4.78 is 7.56. The molecule has 0 aromatic carbocycles. The Labute approximate surface area is 112 Å². The van der Waals surface area contributed by atoms with Crippen LogP contribution in [0.3, 0.4) is 0 Å². The smallest absolute Gasteiger partial charge is 0.160 e. The number of imidazole rings is 1.